The van der Waals surface area contributed by atoms with Crippen molar-refractivity contribution >= 4 is 33.1 Å². The van der Waals surface area contributed by atoms with Gasteiger partial charge in [-0.2, -0.15) is 0 Å². The molecular weight excluding hydrogens is 406 g/mol. The number of aliphatic hydroxyl groups is 1. The van der Waals surface area contributed by atoms with Crippen LogP contribution in [-0.4, -0.2) is 47.8 Å². The highest BCUT2D eigenvalue weighted by molar-refractivity contribution is 7.90. The summed E-state index contributed by atoms with van der Waals surface area (Å²) in [5, 5.41) is 16.1. The Kier molecular flexibility index (Phi) is 6.57. The van der Waals surface area contributed by atoms with Crippen LogP contribution < -0.4 is 16.4 Å². The lowest BCUT2D eigenvalue weighted by molar-refractivity contribution is 0.0996. The van der Waals surface area contributed by atoms with Crippen LogP contribution in [0.15, 0.2) is 29.2 Å². The fourth-order valence-electron chi connectivity index (χ4n) is 3.45. The molecule has 1 aromatic carbocycles. The minimum absolute atomic E-state index is 0.0128. The van der Waals surface area contributed by atoms with E-state index in [0.717, 1.165) is 31.9 Å². The molecule has 0 unspecified atom stereocenters. The van der Waals surface area contributed by atoms with Crippen molar-refractivity contribution in [3.8, 4) is 0 Å². The predicted molar refractivity (Wildman–Crippen MR) is 115 cm³/mol. The lowest BCUT2D eigenvalue weighted by atomic mass is 9.93. The van der Waals surface area contributed by atoms with Gasteiger partial charge in [-0.1, -0.05) is 13.0 Å². The van der Waals surface area contributed by atoms with E-state index in [1.54, 1.807) is 12.1 Å². The minimum atomic E-state index is -3.39. The summed E-state index contributed by atoms with van der Waals surface area (Å²) < 4.78 is 23.7. The van der Waals surface area contributed by atoms with Gasteiger partial charge in [0.1, 0.15) is 5.82 Å². The van der Waals surface area contributed by atoms with E-state index in [2.05, 4.69) is 20.6 Å². The van der Waals surface area contributed by atoms with E-state index in [1.807, 2.05) is 6.92 Å². The number of amides is 1. The van der Waals surface area contributed by atoms with Crippen molar-refractivity contribution in [3.63, 3.8) is 0 Å². The Morgan fingerprint density at radius 3 is 2.50 bits per heavy atom. The van der Waals surface area contributed by atoms with E-state index in [0.29, 0.717) is 23.6 Å². The molecule has 0 bridgehead atoms. The van der Waals surface area contributed by atoms with Crippen molar-refractivity contribution in [2.45, 2.75) is 56.1 Å². The first kappa shape index (κ1) is 22.0. The van der Waals surface area contributed by atoms with Crippen molar-refractivity contribution in [2.75, 3.05) is 16.9 Å². The van der Waals surface area contributed by atoms with Crippen molar-refractivity contribution in [1.82, 2.24) is 9.97 Å². The molecule has 5 N–H and O–H groups in total. The molecule has 9 nitrogen and oxygen atoms in total. The number of carbonyl (C=O) groups is 1. The maximum atomic E-state index is 12.0. The molecule has 2 aromatic rings. The van der Waals surface area contributed by atoms with E-state index in [4.69, 9.17) is 5.73 Å². The van der Waals surface area contributed by atoms with Crippen LogP contribution in [0.3, 0.4) is 0 Å². The molecule has 30 heavy (non-hydrogen) atoms. The molecule has 1 heterocycles. The summed E-state index contributed by atoms with van der Waals surface area (Å²) in [6.45, 7) is 1.91. The van der Waals surface area contributed by atoms with Crippen molar-refractivity contribution in [1.29, 1.82) is 0 Å². The number of aliphatic hydroxyl groups excluding tert-OH is 1. The molecule has 1 fully saturated rings. The van der Waals surface area contributed by atoms with Crippen LogP contribution in [0.5, 0.6) is 0 Å². The number of carbonyl (C=O) groups excluding carboxylic acids is 1. The van der Waals surface area contributed by atoms with Gasteiger partial charge < -0.3 is 21.5 Å². The number of hydrogen-bond acceptors (Lipinski definition) is 8. The average Bonchev–Trinajstić information content (AvgIpc) is 2.69. The number of hydrogen-bond donors (Lipinski definition) is 4. The second-order valence-corrected chi connectivity index (χ2v) is 9.52. The Bertz CT molecular complexity index is 1030. The van der Waals surface area contributed by atoms with Crippen LogP contribution in [0.1, 0.15) is 48.8 Å². The number of primary amides is 1. The van der Waals surface area contributed by atoms with Crippen LogP contribution in [0.25, 0.3) is 0 Å². The van der Waals surface area contributed by atoms with Crippen LogP contribution in [0.4, 0.5) is 17.3 Å². The van der Waals surface area contributed by atoms with E-state index >= 15 is 0 Å². The number of anilines is 3. The lowest BCUT2D eigenvalue weighted by Crippen LogP contribution is -2.29. The predicted octanol–water partition coefficient (Wildman–Crippen LogP) is 2.00. The number of sulfone groups is 1. The highest BCUT2D eigenvalue weighted by Gasteiger charge is 2.23. The Morgan fingerprint density at radius 1 is 1.20 bits per heavy atom. The van der Waals surface area contributed by atoms with Crippen LogP contribution in [0.2, 0.25) is 0 Å². The van der Waals surface area contributed by atoms with E-state index in [1.165, 1.54) is 12.1 Å². The summed E-state index contributed by atoms with van der Waals surface area (Å²) in [5.41, 5.74) is 6.57. The fourth-order valence-corrected chi connectivity index (χ4v) is 4.11. The molecule has 10 heteroatoms. The number of nitrogens with one attached hydrogen (secondary N) is 2. The molecular formula is C20H27N5O4S. The molecule has 0 radical (unpaired) electrons. The number of nitrogens with two attached hydrogens (primary N) is 1. The normalized spacial score (nSPS) is 19.3. The van der Waals surface area contributed by atoms with Crippen molar-refractivity contribution in [2.24, 2.45) is 5.73 Å². The zero-order valence-electron chi connectivity index (χ0n) is 17.1. The Hall–Kier alpha value is -2.72. The van der Waals surface area contributed by atoms with Crippen molar-refractivity contribution < 1.29 is 18.3 Å². The molecule has 162 valence electrons. The topological polar surface area (TPSA) is 147 Å². The number of nitrogens with zero attached hydrogens (tertiary/aromatic N) is 2. The Labute approximate surface area is 176 Å². The lowest BCUT2D eigenvalue weighted by Gasteiger charge is -2.27. The maximum absolute atomic E-state index is 12.0. The van der Waals surface area contributed by atoms with Gasteiger partial charge in [0.25, 0.3) is 5.91 Å². The first-order chi connectivity index (χ1) is 14.2. The zero-order valence-corrected chi connectivity index (χ0v) is 17.9. The monoisotopic (exact) mass is 433 g/mol. The Morgan fingerprint density at radius 2 is 1.90 bits per heavy atom. The third-order valence-corrected chi connectivity index (χ3v) is 6.21. The summed E-state index contributed by atoms with van der Waals surface area (Å²) in [5.74, 6) is -0.0272. The highest BCUT2D eigenvalue weighted by Crippen LogP contribution is 2.27. The second-order valence-electron chi connectivity index (χ2n) is 7.51. The molecule has 3 rings (SSSR count). The number of rotatable bonds is 7. The largest absolute Gasteiger partial charge is 0.393 e. The molecule has 1 aromatic heterocycles. The molecule has 0 atom stereocenters. The number of benzene rings is 1. The molecule has 1 saturated carbocycles. The van der Waals surface area contributed by atoms with Crippen LogP contribution in [0, 0.1) is 0 Å². The highest BCUT2D eigenvalue weighted by atomic mass is 32.2. The summed E-state index contributed by atoms with van der Waals surface area (Å²) in [7, 11) is -3.39. The van der Waals surface area contributed by atoms with Gasteiger partial charge in [0.05, 0.1) is 16.7 Å². The van der Waals surface area contributed by atoms with Gasteiger partial charge in [0, 0.05) is 18.0 Å². The van der Waals surface area contributed by atoms with Gasteiger partial charge in [0.15, 0.2) is 21.3 Å². The summed E-state index contributed by atoms with van der Waals surface area (Å²) in [6, 6.07) is 6.37. The van der Waals surface area contributed by atoms with E-state index < -0.39 is 15.7 Å². The number of aryl methyl sites for hydroxylation is 1. The Balaban J connectivity index is 1.95. The quantitative estimate of drug-likeness (QED) is 0.518. The van der Waals surface area contributed by atoms with Gasteiger partial charge in [-0.15, -0.1) is 0 Å². The molecule has 0 saturated heterocycles. The maximum Gasteiger partial charge on any atom is 0.271 e. The summed E-state index contributed by atoms with van der Waals surface area (Å²) in [6.07, 6.45) is 4.46. The summed E-state index contributed by atoms with van der Waals surface area (Å²) >= 11 is 0. The minimum Gasteiger partial charge on any atom is -0.393 e. The zero-order chi connectivity index (χ0) is 21.9. The molecule has 1 amide bonds. The first-order valence-corrected chi connectivity index (χ1v) is 11.8. The van der Waals surface area contributed by atoms with Gasteiger partial charge in [-0.05, 0) is 50.3 Å². The first-order valence-electron chi connectivity index (χ1n) is 9.89. The molecule has 1 aliphatic rings. The average molecular weight is 434 g/mol. The smallest absolute Gasteiger partial charge is 0.271 e. The standard InChI is InChI=1S/C20H27N5O4S/c1-3-16-19(22-12-7-9-14(26)10-8-12)25-20(17(24-16)18(21)27)23-13-5-4-6-15(11-13)30(2,28)29/h4-6,11-12,14,26H,3,7-10H2,1-2H3,(H2,21,27)(H2,22,23,25)/t12-,14+. The summed E-state index contributed by atoms with van der Waals surface area (Å²) in [4.78, 5) is 21.1. The van der Waals surface area contributed by atoms with E-state index in [9.17, 15) is 18.3 Å². The fraction of sp³-hybridized carbons (Fsp3) is 0.450. The molecule has 0 spiro atoms. The van der Waals surface area contributed by atoms with Crippen LogP contribution >= 0.6 is 0 Å². The molecule has 0 aliphatic heterocycles. The van der Waals surface area contributed by atoms with Gasteiger partial charge in [-0.3, -0.25) is 4.79 Å². The third kappa shape index (κ3) is 5.25. The molecule has 1 aliphatic carbocycles. The van der Waals surface area contributed by atoms with Gasteiger partial charge in [0.2, 0.25) is 0 Å². The van der Waals surface area contributed by atoms with E-state index in [-0.39, 0.29) is 28.6 Å². The van der Waals surface area contributed by atoms with Gasteiger partial charge >= 0.3 is 0 Å². The van der Waals surface area contributed by atoms with Crippen molar-refractivity contribution in [3.05, 3.63) is 35.7 Å². The second kappa shape index (κ2) is 8.97. The SMILES string of the molecule is CCc1nc(C(N)=O)c(Nc2cccc(S(C)(=O)=O)c2)nc1N[C@H]1CC[C@@H](O)CC1. The van der Waals surface area contributed by atoms with Crippen LogP contribution in [-0.2, 0) is 16.3 Å². The van der Waals surface area contributed by atoms with Gasteiger partial charge in [-0.25, -0.2) is 18.4 Å². The number of aromatic nitrogens is 2. The third-order valence-electron chi connectivity index (χ3n) is 5.10.